The van der Waals surface area contributed by atoms with E-state index in [0.29, 0.717) is 23.6 Å². The van der Waals surface area contributed by atoms with Crippen LogP contribution >= 0.6 is 23.2 Å². The molecule has 0 unspecified atom stereocenters. The quantitative estimate of drug-likeness (QED) is 0.562. The van der Waals surface area contributed by atoms with Gasteiger partial charge < -0.3 is 4.74 Å². The largest absolute Gasteiger partial charge is 0.491 e. The fourth-order valence-corrected chi connectivity index (χ4v) is 3.70. The Labute approximate surface area is 178 Å². The van der Waals surface area contributed by atoms with Crippen molar-refractivity contribution in [3.05, 3.63) is 62.6 Å². The van der Waals surface area contributed by atoms with Gasteiger partial charge in [-0.25, -0.2) is 9.69 Å². The van der Waals surface area contributed by atoms with Crippen LogP contribution in [0, 0.1) is 13.8 Å². The molecule has 0 bridgehead atoms. The Kier molecular flexibility index (Phi) is 5.96. The molecule has 1 fully saturated rings. The number of nitrogens with one attached hydrogen (secondary N) is 1. The van der Waals surface area contributed by atoms with Crippen LogP contribution in [0.3, 0.4) is 0 Å². The smallest absolute Gasteiger partial charge is 0.335 e. The van der Waals surface area contributed by atoms with Crippen LogP contribution < -0.4 is 15.0 Å². The molecule has 1 saturated heterocycles. The topological polar surface area (TPSA) is 75.7 Å². The number of ether oxygens (including phenoxy) is 1. The maximum atomic E-state index is 13.0. The molecule has 29 heavy (non-hydrogen) atoms. The summed E-state index contributed by atoms with van der Waals surface area (Å²) in [5.41, 5.74) is 2.36. The third-order valence-corrected chi connectivity index (χ3v) is 4.75. The van der Waals surface area contributed by atoms with Gasteiger partial charge in [-0.3, -0.25) is 14.9 Å². The third kappa shape index (κ3) is 4.28. The molecule has 1 aliphatic heterocycles. The van der Waals surface area contributed by atoms with Crippen LogP contribution in [0.5, 0.6) is 5.75 Å². The van der Waals surface area contributed by atoms with Crippen molar-refractivity contribution in [1.29, 1.82) is 0 Å². The first kappa shape index (κ1) is 20.9. The molecule has 8 heteroatoms. The average Bonchev–Trinajstić information content (AvgIpc) is 2.61. The van der Waals surface area contributed by atoms with Gasteiger partial charge in [-0.2, -0.15) is 0 Å². The molecule has 0 radical (unpaired) electrons. The Morgan fingerprint density at radius 2 is 1.59 bits per heavy atom. The number of amides is 4. The Morgan fingerprint density at radius 1 is 1.00 bits per heavy atom. The van der Waals surface area contributed by atoms with Gasteiger partial charge >= 0.3 is 6.03 Å². The molecular weight excluding hydrogens is 415 g/mol. The molecule has 1 N–H and O–H groups in total. The van der Waals surface area contributed by atoms with Crippen molar-refractivity contribution in [2.24, 2.45) is 0 Å². The van der Waals surface area contributed by atoms with Gasteiger partial charge in [0.1, 0.15) is 5.57 Å². The van der Waals surface area contributed by atoms with Crippen molar-refractivity contribution in [2.75, 3.05) is 11.5 Å². The molecule has 2 aromatic rings. The first-order valence-corrected chi connectivity index (χ1v) is 9.58. The van der Waals surface area contributed by atoms with Crippen LogP contribution in [0.15, 0.2) is 35.9 Å². The third-order valence-electron chi connectivity index (χ3n) is 4.19. The van der Waals surface area contributed by atoms with Crippen LogP contribution in [-0.4, -0.2) is 24.5 Å². The van der Waals surface area contributed by atoms with E-state index in [4.69, 9.17) is 27.9 Å². The lowest BCUT2D eigenvalue weighted by atomic mass is 10.1. The number of urea groups is 1. The Bertz CT molecular complexity index is 1020. The molecule has 0 atom stereocenters. The zero-order valence-corrected chi connectivity index (χ0v) is 17.5. The number of benzene rings is 2. The van der Waals surface area contributed by atoms with E-state index in [1.165, 1.54) is 18.2 Å². The van der Waals surface area contributed by atoms with Gasteiger partial charge in [0.25, 0.3) is 11.8 Å². The molecule has 150 valence electrons. The van der Waals surface area contributed by atoms with Crippen molar-refractivity contribution in [3.8, 4) is 5.75 Å². The highest BCUT2D eigenvalue weighted by Crippen LogP contribution is 2.35. The van der Waals surface area contributed by atoms with Gasteiger partial charge in [-0.05, 0) is 67.8 Å². The van der Waals surface area contributed by atoms with Gasteiger partial charge in [-0.15, -0.1) is 0 Å². The van der Waals surface area contributed by atoms with Crippen molar-refractivity contribution >= 4 is 52.8 Å². The highest BCUT2D eigenvalue weighted by atomic mass is 35.5. The molecule has 4 amide bonds. The minimum absolute atomic E-state index is 0.208. The molecule has 1 aliphatic rings. The molecule has 0 aliphatic carbocycles. The van der Waals surface area contributed by atoms with Crippen molar-refractivity contribution in [2.45, 2.75) is 20.8 Å². The van der Waals surface area contributed by atoms with E-state index in [0.717, 1.165) is 16.0 Å². The first-order valence-electron chi connectivity index (χ1n) is 8.83. The molecule has 0 saturated carbocycles. The number of rotatable bonds is 4. The number of carbonyl (C=O) groups is 3. The lowest BCUT2D eigenvalue weighted by Gasteiger charge is -2.27. The summed E-state index contributed by atoms with van der Waals surface area (Å²) < 4.78 is 5.38. The number of nitrogens with zero attached hydrogens (tertiary/aromatic N) is 1. The van der Waals surface area contributed by atoms with E-state index < -0.39 is 17.8 Å². The van der Waals surface area contributed by atoms with Crippen LogP contribution in [-0.2, 0) is 9.59 Å². The lowest BCUT2D eigenvalue weighted by Crippen LogP contribution is -2.54. The molecule has 6 nitrogen and oxygen atoms in total. The monoisotopic (exact) mass is 432 g/mol. The highest BCUT2D eigenvalue weighted by molar-refractivity contribution is 6.40. The predicted octanol–water partition coefficient (Wildman–Crippen LogP) is 4.68. The average molecular weight is 433 g/mol. The van der Waals surface area contributed by atoms with Crippen LogP contribution in [0.25, 0.3) is 6.08 Å². The first-order chi connectivity index (χ1) is 13.7. The molecule has 0 spiro atoms. The number of halogens is 2. The van der Waals surface area contributed by atoms with Gasteiger partial charge in [-0.1, -0.05) is 29.3 Å². The molecule has 1 heterocycles. The van der Waals surface area contributed by atoms with Crippen LogP contribution in [0.4, 0.5) is 10.5 Å². The zero-order valence-electron chi connectivity index (χ0n) is 16.0. The van der Waals surface area contributed by atoms with Crippen LogP contribution in [0.1, 0.15) is 23.6 Å². The van der Waals surface area contributed by atoms with E-state index in [1.807, 2.05) is 19.9 Å². The normalized spacial score (nSPS) is 15.7. The summed E-state index contributed by atoms with van der Waals surface area (Å²) in [6.07, 6.45) is 1.34. The summed E-state index contributed by atoms with van der Waals surface area (Å²) in [5, 5.41) is 2.69. The SMILES string of the molecule is CCOc1c(Cl)cc(/C=C2\C(=O)NC(=O)N(c3cc(C)cc(C)c3)C2=O)cc1Cl. The van der Waals surface area contributed by atoms with E-state index in [-0.39, 0.29) is 15.6 Å². The summed E-state index contributed by atoms with van der Waals surface area (Å²) >= 11 is 12.4. The maximum absolute atomic E-state index is 13.0. The van der Waals surface area contributed by atoms with Gasteiger partial charge in [0.2, 0.25) is 0 Å². The zero-order chi connectivity index (χ0) is 21.3. The van der Waals surface area contributed by atoms with E-state index >= 15 is 0 Å². The predicted molar refractivity (Wildman–Crippen MR) is 113 cm³/mol. The summed E-state index contributed by atoms with van der Waals surface area (Å²) in [7, 11) is 0. The second-order valence-electron chi connectivity index (χ2n) is 6.55. The fraction of sp³-hybridized carbons (Fsp3) is 0.190. The number of aryl methyl sites for hydroxylation is 2. The Hall–Kier alpha value is -2.83. The van der Waals surface area contributed by atoms with Gasteiger partial charge in [0.05, 0.1) is 22.3 Å². The minimum atomic E-state index is -0.801. The summed E-state index contributed by atoms with van der Waals surface area (Å²) in [4.78, 5) is 38.6. The van der Waals surface area contributed by atoms with E-state index in [9.17, 15) is 14.4 Å². The molecular formula is C21H18Cl2N2O4. The minimum Gasteiger partial charge on any atom is -0.491 e. The second kappa shape index (κ2) is 8.27. The summed E-state index contributed by atoms with van der Waals surface area (Å²) in [6, 6.07) is 7.57. The Balaban J connectivity index is 2.04. The van der Waals surface area contributed by atoms with Crippen molar-refractivity contribution < 1.29 is 19.1 Å². The highest BCUT2D eigenvalue weighted by Gasteiger charge is 2.37. The molecule has 0 aromatic heterocycles. The van der Waals surface area contributed by atoms with E-state index in [1.54, 1.807) is 19.1 Å². The number of imide groups is 2. The molecule has 3 rings (SSSR count). The number of anilines is 1. The van der Waals surface area contributed by atoms with Crippen molar-refractivity contribution in [1.82, 2.24) is 5.32 Å². The lowest BCUT2D eigenvalue weighted by molar-refractivity contribution is -0.122. The van der Waals surface area contributed by atoms with Crippen molar-refractivity contribution in [3.63, 3.8) is 0 Å². The van der Waals surface area contributed by atoms with Gasteiger partial charge in [0, 0.05) is 0 Å². The van der Waals surface area contributed by atoms with Crippen LogP contribution in [0.2, 0.25) is 10.0 Å². The van der Waals surface area contributed by atoms with Gasteiger partial charge in [0.15, 0.2) is 5.75 Å². The molecule has 2 aromatic carbocycles. The van der Waals surface area contributed by atoms with E-state index in [2.05, 4.69) is 5.32 Å². The number of carbonyl (C=O) groups excluding carboxylic acids is 3. The summed E-state index contributed by atoms with van der Waals surface area (Å²) in [6.45, 7) is 5.89. The number of hydrogen-bond acceptors (Lipinski definition) is 4. The Morgan fingerprint density at radius 3 is 2.14 bits per heavy atom. The summed E-state index contributed by atoms with van der Waals surface area (Å²) in [5.74, 6) is -1.20. The fourth-order valence-electron chi connectivity index (χ4n) is 3.08. The number of hydrogen-bond donors (Lipinski definition) is 1. The number of barbiturate groups is 1. The maximum Gasteiger partial charge on any atom is 0.335 e. The second-order valence-corrected chi connectivity index (χ2v) is 7.36. The standard InChI is InChI=1S/C21H18Cl2N2O4/c1-4-29-18-16(22)9-13(10-17(18)23)8-15-19(26)24-21(28)25(20(15)27)14-6-11(2)5-12(3)7-14/h5-10H,4H2,1-3H3,(H,24,26,28)/b15-8+.